The molecule has 172 valence electrons. The van der Waals surface area contributed by atoms with Crippen LogP contribution in [0, 0.1) is 5.82 Å². The van der Waals surface area contributed by atoms with Crippen molar-refractivity contribution in [3.05, 3.63) is 84.1 Å². The summed E-state index contributed by atoms with van der Waals surface area (Å²) in [4.78, 5) is 28.6. The van der Waals surface area contributed by atoms with Gasteiger partial charge in [0.25, 0.3) is 5.91 Å². The molecular formula is C26H27FN2O4. The van der Waals surface area contributed by atoms with Crippen LogP contribution in [0.5, 0.6) is 5.75 Å². The average molecular weight is 451 g/mol. The number of ether oxygens (including phenoxy) is 1. The lowest BCUT2D eigenvalue weighted by atomic mass is 10.0. The van der Waals surface area contributed by atoms with Gasteiger partial charge in [0.1, 0.15) is 17.6 Å². The van der Waals surface area contributed by atoms with Gasteiger partial charge >= 0.3 is 0 Å². The van der Waals surface area contributed by atoms with Crippen molar-refractivity contribution in [1.29, 1.82) is 0 Å². The summed E-state index contributed by atoms with van der Waals surface area (Å²) >= 11 is 0. The summed E-state index contributed by atoms with van der Waals surface area (Å²) in [7, 11) is 0. The van der Waals surface area contributed by atoms with Crippen molar-refractivity contribution in [2.45, 2.75) is 44.7 Å². The molecule has 1 aliphatic carbocycles. The van der Waals surface area contributed by atoms with E-state index < -0.39 is 23.7 Å². The van der Waals surface area contributed by atoms with Gasteiger partial charge in [-0.2, -0.15) is 0 Å². The lowest BCUT2D eigenvalue weighted by molar-refractivity contribution is -0.123. The Morgan fingerprint density at radius 1 is 1.09 bits per heavy atom. The number of benzene rings is 2. The number of carbonyl (C=O) groups excluding carboxylic acids is 2. The number of hydrogen-bond donors (Lipinski definition) is 1. The van der Waals surface area contributed by atoms with E-state index in [4.69, 9.17) is 9.15 Å². The van der Waals surface area contributed by atoms with Crippen molar-refractivity contribution in [3.63, 3.8) is 0 Å². The molecule has 1 heterocycles. The molecule has 1 saturated carbocycles. The van der Waals surface area contributed by atoms with Crippen molar-refractivity contribution >= 4 is 17.5 Å². The van der Waals surface area contributed by atoms with E-state index in [2.05, 4.69) is 5.32 Å². The second kappa shape index (κ2) is 10.3. The Balaban J connectivity index is 1.86. The van der Waals surface area contributed by atoms with Crippen molar-refractivity contribution in [2.24, 2.45) is 0 Å². The highest BCUT2D eigenvalue weighted by molar-refractivity contribution is 6.09. The second-order valence-electron chi connectivity index (χ2n) is 7.97. The Labute approximate surface area is 192 Å². The molecule has 0 spiro atoms. The van der Waals surface area contributed by atoms with E-state index in [0.29, 0.717) is 18.0 Å². The monoisotopic (exact) mass is 450 g/mol. The molecular weight excluding hydrogens is 423 g/mol. The van der Waals surface area contributed by atoms with Gasteiger partial charge in [0.2, 0.25) is 5.91 Å². The Morgan fingerprint density at radius 2 is 1.82 bits per heavy atom. The molecule has 0 aliphatic heterocycles. The van der Waals surface area contributed by atoms with E-state index in [-0.39, 0.29) is 17.4 Å². The number of anilines is 1. The van der Waals surface area contributed by atoms with Crippen LogP contribution in [-0.2, 0) is 4.79 Å². The van der Waals surface area contributed by atoms with Crippen LogP contribution in [0.25, 0.3) is 0 Å². The molecule has 2 amide bonds. The summed E-state index contributed by atoms with van der Waals surface area (Å²) in [6.45, 7) is 2.19. The summed E-state index contributed by atoms with van der Waals surface area (Å²) in [5.74, 6) is -1.14. The zero-order chi connectivity index (χ0) is 23.2. The second-order valence-corrected chi connectivity index (χ2v) is 7.97. The fourth-order valence-electron chi connectivity index (χ4n) is 4.26. The number of hydrogen-bond acceptors (Lipinski definition) is 4. The van der Waals surface area contributed by atoms with Crippen LogP contribution in [0.2, 0.25) is 0 Å². The van der Waals surface area contributed by atoms with Crippen molar-refractivity contribution < 1.29 is 23.1 Å². The summed E-state index contributed by atoms with van der Waals surface area (Å²) in [5.41, 5.74) is 0.453. The Morgan fingerprint density at radius 3 is 2.52 bits per heavy atom. The van der Waals surface area contributed by atoms with Gasteiger partial charge in [0.05, 0.1) is 18.6 Å². The van der Waals surface area contributed by atoms with Crippen LogP contribution in [0.15, 0.2) is 71.3 Å². The summed E-state index contributed by atoms with van der Waals surface area (Å²) in [6.07, 6.45) is 5.15. The number of amides is 2. The van der Waals surface area contributed by atoms with Crippen LogP contribution < -0.4 is 15.0 Å². The standard InChI is InChI=1S/C26H27FN2O4/c1-2-32-22-15-8-7-14-21(22)29(26(31)23-16-9-17-33-23)24(19-12-5-6-13-20(19)27)25(30)28-18-10-3-4-11-18/h5-9,12-18,24H,2-4,10-11H2,1H3,(H,28,30)/t24-/m0/s1. The molecule has 6 nitrogen and oxygen atoms in total. The first-order valence-electron chi connectivity index (χ1n) is 11.2. The van der Waals surface area contributed by atoms with Gasteiger partial charge in [0, 0.05) is 11.6 Å². The smallest absolute Gasteiger partial charge is 0.295 e. The highest BCUT2D eigenvalue weighted by Gasteiger charge is 2.38. The lowest BCUT2D eigenvalue weighted by Gasteiger charge is -2.32. The summed E-state index contributed by atoms with van der Waals surface area (Å²) in [5, 5.41) is 3.04. The van der Waals surface area contributed by atoms with Gasteiger partial charge in [-0.15, -0.1) is 0 Å². The van der Waals surface area contributed by atoms with Crippen molar-refractivity contribution in [3.8, 4) is 5.75 Å². The largest absolute Gasteiger partial charge is 0.492 e. The average Bonchev–Trinajstić information content (AvgIpc) is 3.53. The molecule has 3 aromatic rings. The fourth-order valence-corrected chi connectivity index (χ4v) is 4.26. The fraction of sp³-hybridized carbons (Fsp3) is 0.308. The maximum atomic E-state index is 15.1. The topological polar surface area (TPSA) is 71.8 Å². The SMILES string of the molecule is CCOc1ccccc1N(C(=O)c1ccco1)[C@H](C(=O)NC1CCCC1)c1ccccc1F. The molecule has 0 radical (unpaired) electrons. The molecule has 4 rings (SSSR count). The van der Waals surface area contributed by atoms with Crippen LogP contribution >= 0.6 is 0 Å². The number of furan rings is 1. The first-order valence-corrected chi connectivity index (χ1v) is 11.2. The normalized spacial score (nSPS) is 14.6. The van der Waals surface area contributed by atoms with Crippen molar-refractivity contribution in [1.82, 2.24) is 5.32 Å². The lowest BCUT2D eigenvalue weighted by Crippen LogP contribution is -2.46. The van der Waals surface area contributed by atoms with Crippen LogP contribution in [-0.4, -0.2) is 24.5 Å². The third-order valence-electron chi connectivity index (χ3n) is 5.78. The van der Waals surface area contributed by atoms with Gasteiger partial charge in [0.15, 0.2) is 5.76 Å². The van der Waals surface area contributed by atoms with Gasteiger partial charge in [-0.3, -0.25) is 14.5 Å². The van der Waals surface area contributed by atoms with Crippen LogP contribution in [0.4, 0.5) is 10.1 Å². The number of carbonyl (C=O) groups is 2. The predicted molar refractivity (Wildman–Crippen MR) is 123 cm³/mol. The van der Waals surface area contributed by atoms with E-state index >= 15 is 4.39 Å². The van der Waals surface area contributed by atoms with Gasteiger partial charge in [-0.05, 0) is 50.1 Å². The minimum atomic E-state index is -1.26. The van der Waals surface area contributed by atoms with E-state index in [1.54, 1.807) is 42.5 Å². The maximum absolute atomic E-state index is 15.1. The molecule has 1 N–H and O–H groups in total. The first-order chi connectivity index (χ1) is 16.1. The first kappa shape index (κ1) is 22.6. The Bertz CT molecular complexity index is 1090. The number of halogens is 1. The van der Waals surface area contributed by atoms with Gasteiger partial charge < -0.3 is 14.5 Å². The quantitative estimate of drug-likeness (QED) is 0.508. The van der Waals surface area contributed by atoms with E-state index in [9.17, 15) is 9.59 Å². The maximum Gasteiger partial charge on any atom is 0.295 e. The van der Waals surface area contributed by atoms with Crippen LogP contribution in [0.3, 0.4) is 0 Å². The molecule has 0 unspecified atom stereocenters. The number of nitrogens with one attached hydrogen (secondary N) is 1. The number of para-hydroxylation sites is 2. The van der Waals surface area contributed by atoms with E-state index in [1.165, 1.54) is 29.4 Å². The highest BCUT2D eigenvalue weighted by atomic mass is 19.1. The van der Waals surface area contributed by atoms with E-state index in [1.807, 2.05) is 6.92 Å². The number of nitrogens with zero attached hydrogens (tertiary/aromatic N) is 1. The van der Waals surface area contributed by atoms with Gasteiger partial charge in [-0.1, -0.05) is 43.2 Å². The molecule has 1 aromatic heterocycles. The predicted octanol–water partition coefficient (Wildman–Crippen LogP) is 5.26. The minimum Gasteiger partial charge on any atom is -0.492 e. The molecule has 7 heteroatoms. The molecule has 33 heavy (non-hydrogen) atoms. The number of rotatable bonds is 8. The third-order valence-corrected chi connectivity index (χ3v) is 5.78. The van der Waals surface area contributed by atoms with Crippen molar-refractivity contribution in [2.75, 3.05) is 11.5 Å². The zero-order valence-corrected chi connectivity index (χ0v) is 18.5. The van der Waals surface area contributed by atoms with Gasteiger partial charge in [-0.25, -0.2) is 4.39 Å². The Kier molecular flexibility index (Phi) is 7.07. The molecule has 0 bridgehead atoms. The van der Waals surface area contributed by atoms with Crippen LogP contribution in [0.1, 0.15) is 54.8 Å². The third kappa shape index (κ3) is 4.92. The summed E-state index contributed by atoms with van der Waals surface area (Å²) in [6, 6.07) is 14.8. The zero-order valence-electron chi connectivity index (χ0n) is 18.5. The molecule has 1 aliphatic rings. The molecule has 1 atom stereocenters. The molecule has 2 aromatic carbocycles. The molecule has 0 saturated heterocycles. The summed E-state index contributed by atoms with van der Waals surface area (Å²) < 4.78 is 26.2. The minimum absolute atomic E-state index is 0.00512. The van der Waals surface area contributed by atoms with E-state index in [0.717, 1.165) is 25.7 Å². The molecule has 1 fully saturated rings. The Hall–Kier alpha value is -3.61. The highest BCUT2D eigenvalue weighted by Crippen LogP contribution is 2.37.